The summed E-state index contributed by atoms with van der Waals surface area (Å²) in [5.41, 5.74) is 4.66. The predicted octanol–water partition coefficient (Wildman–Crippen LogP) is 4.95. The fraction of sp³-hybridized carbons (Fsp3) is 0.375. The van der Waals surface area contributed by atoms with Gasteiger partial charge >= 0.3 is 0 Å². The fourth-order valence-corrected chi connectivity index (χ4v) is 6.62. The van der Waals surface area contributed by atoms with E-state index >= 15 is 0 Å². The number of imidazole rings is 1. The number of fused-ring (bicyclic) bond motifs is 4. The molecule has 4 amide bonds. The number of nitrogens with zero attached hydrogens (tertiary/aromatic N) is 4. The number of rotatable bonds is 12. The van der Waals surface area contributed by atoms with Crippen LogP contribution in [-0.2, 0) is 24.8 Å². The third kappa shape index (κ3) is 8.45. The van der Waals surface area contributed by atoms with Crippen LogP contribution >= 0.6 is 0 Å². The third-order valence-corrected chi connectivity index (χ3v) is 9.27. The number of carbonyl (C=O) groups is 4. The quantitative estimate of drug-likeness (QED) is 0.174. The molecule has 1 aromatic heterocycles. The SMILES string of the molecule is COc1cc2c(cc1OCCCC(=O)Nc1cn(C)c(C(=O)NCc3cccc(C(=O)NCC(C)(C)C)c3)n1)N(C)C[C@@H]1Cc3ccccc3N1C2=O. The van der Waals surface area contributed by atoms with Gasteiger partial charge in [-0.3, -0.25) is 19.2 Å². The number of aryl methyl sites for hydroxylation is 1. The van der Waals surface area contributed by atoms with Crippen molar-refractivity contribution >= 4 is 40.8 Å². The number of likely N-dealkylation sites (N-methyl/N-ethyl adjacent to an activating group) is 1. The maximum atomic E-state index is 13.8. The van der Waals surface area contributed by atoms with Gasteiger partial charge in [0.05, 0.1) is 31.0 Å². The Hall–Kier alpha value is -5.85. The number of benzene rings is 3. The molecule has 53 heavy (non-hydrogen) atoms. The molecule has 13 heteroatoms. The second kappa shape index (κ2) is 15.4. The lowest BCUT2D eigenvalue weighted by Gasteiger charge is -2.25. The Balaban J connectivity index is 1.00. The van der Waals surface area contributed by atoms with Crippen molar-refractivity contribution in [1.82, 2.24) is 20.2 Å². The topological polar surface area (TPSA) is 147 Å². The van der Waals surface area contributed by atoms with Gasteiger partial charge in [-0.2, -0.15) is 0 Å². The lowest BCUT2D eigenvalue weighted by atomic mass is 9.97. The molecule has 13 nitrogen and oxygen atoms in total. The normalized spacial score (nSPS) is 14.8. The summed E-state index contributed by atoms with van der Waals surface area (Å²) in [4.78, 5) is 60.5. The van der Waals surface area contributed by atoms with E-state index in [4.69, 9.17) is 9.47 Å². The van der Waals surface area contributed by atoms with Gasteiger partial charge in [-0.05, 0) is 53.6 Å². The zero-order chi connectivity index (χ0) is 37.9. The number of aromatic nitrogens is 2. The molecule has 0 fully saturated rings. The van der Waals surface area contributed by atoms with Crippen molar-refractivity contribution in [2.75, 3.05) is 49.0 Å². The molecule has 3 heterocycles. The minimum absolute atomic E-state index is 0.0257. The van der Waals surface area contributed by atoms with Crippen LogP contribution in [-0.4, -0.2) is 73.1 Å². The maximum absolute atomic E-state index is 13.8. The molecule has 0 saturated carbocycles. The Labute approximate surface area is 309 Å². The van der Waals surface area contributed by atoms with Gasteiger partial charge in [0.25, 0.3) is 17.7 Å². The Morgan fingerprint density at radius 3 is 2.51 bits per heavy atom. The summed E-state index contributed by atoms with van der Waals surface area (Å²) in [5.74, 6) is 0.375. The van der Waals surface area contributed by atoms with Crippen LogP contribution in [0.2, 0.25) is 0 Å². The number of nitrogens with one attached hydrogen (secondary N) is 3. The van der Waals surface area contributed by atoms with Gasteiger partial charge in [0.2, 0.25) is 11.7 Å². The molecule has 2 aliphatic rings. The molecule has 3 N–H and O–H groups in total. The van der Waals surface area contributed by atoms with E-state index in [1.807, 2.05) is 63.1 Å². The number of anilines is 3. The summed E-state index contributed by atoms with van der Waals surface area (Å²) >= 11 is 0. The fourth-order valence-electron chi connectivity index (χ4n) is 6.62. The van der Waals surface area contributed by atoms with Gasteiger partial charge in [0.1, 0.15) is 0 Å². The average molecular weight is 722 g/mol. The molecule has 2 aliphatic heterocycles. The van der Waals surface area contributed by atoms with E-state index in [2.05, 4.69) is 31.9 Å². The maximum Gasteiger partial charge on any atom is 0.287 e. The second-order valence-electron chi connectivity index (χ2n) is 14.7. The zero-order valence-electron chi connectivity index (χ0n) is 31.1. The largest absolute Gasteiger partial charge is 0.493 e. The molecule has 0 radical (unpaired) electrons. The molecule has 278 valence electrons. The van der Waals surface area contributed by atoms with Crippen molar-refractivity contribution in [2.45, 2.75) is 52.6 Å². The first-order chi connectivity index (χ1) is 25.3. The van der Waals surface area contributed by atoms with E-state index in [1.54, 1.807) is 42.1 Å². The van der Waals surface area contributed by atoms with Crippen LogP contribution in [0.15, 0.2) is 66.9 Å². The second-order valence-corrected chi connectivity index (χ2v) is 14.7. The van der Waals surface area contributed by atoms with Gasteiger partial charge in [0, 0.05) is 63.7 Å². The summed E-state index contributed by atoms with van der Waals surface area (Å²) in [6.45, 7) is 7.78. The molecule has 0 spiro atoms. The van der Waals surface area contributed by atoms with Crippen molar-refractivity contribution < 1.29 is 28.7 Å². The van der Waals surface area contributed by atoms with Crippen LogP contribution in [0, 0.1) is 5.41 Å². The molecule has 0 unspecified atom stereocenters. The number of carbonyl (C=O) groups excluding carboxylic acids is 4. The van der Waals surface area contributed by atoms with Crippen molar-refractivity contribution in [1.29, 1.82) is 0 Å². The molecule has 0 bridgehead atoms. The number of ether oxygens (including phenoxy) is 2. The Morgan fingerprint density at radius 2 is 1.74 bits per heavy atom. The minimum atomic E-state index is -0.420. The van der Waals surface area contributed by atoms with Crippen molar-refractivity contribution in [3.05, 3.63) is 94.9 Å². The Morgan fingerprint density at radius 1 is 0.943 bits per heavy atom. The highest BCUT2D eigenvalue weighted by molar-refractivity contribution is 6.12. The van der Waals surface area contributed by atoms with Crippen LogP contribution in [0.5, 0.6) is 11.5 Å². The van der Waals surface area contributed by atoms with Crippen molar-refractivity contribution in [3.8, 4) is 11.5 Å². The number of para-hydroxylation sites is 1. The first-order valence-corrected chi connectivity index (χ1v) is 17.8. The number of methoxy groups -OCH3 is 1. The van der Waals surface area contributed by atoms with Crippen LogP contribution in [0.25, 0.3) is 0 Å². The first kappa shape index (κ1) is 36.9. The Bertz CT molecular complexity index is 2030. The molecule has 0 aliphatic carbocycles. The van der Waals surface area contributed by atoms with Crippen LogP contribution in [0.4, 0.5) is 17.2 Å². The monoisotopic (exact) mass is 721 g/mol. The van der Waals surface area contributed by atoms with E-state index in [0.29, 0.717) is 42.1 Å². The van der Waals surface area contributed by atoms with E-state index in [9.17, 15) is 19.2 Å². The highest BCUT2D eigenvalue weighted by atomic mass is 16.5. The summed E-state index contributed by atoms with van der Waals surface area (Å²) < 4.78 is 13.3. The van der Waals surface area contributed by atoms with Crippen molar-refractivity contribution in [2.24, 2.45) is 12.5 Å². The summed E-state index contributed by atoms with van der Waals surface area (Å²) in [6.07, 6.45) is 2.93. The van der Waals surface area contributed by atoms with Crippen molar-refractivity contribution in [3.63, 3.8) is 0 Å². The number of hydrogen-bond acceptors (Lipinski definition) is 8. The van der Waals surface area contributed by atoms with E-state index in [1.165, 1.54) is 12.7 Å². The molecule has 6 rings (SSSR count). The summed E-state index contributed by atoms with van der Waals surface area (Å²) in [5, 5.41) is 8.53. The van der Waals surface area contributed by atoms with Gasteiger partial charge < -0.3 is 39.8 Å². The number of amides is 4. The third-order valence-electron chi connectivity index (χ3n) is 9.27. The van der Waals surface area contributed by atoms with Gasteiger partial charge in [-0.25, -0.2) is 4.98 Å². The number of hydrogen-bond donors (Lipinski definition) is 3. The van der Waals surface area contributed by atoms with Gasteiger partial charge in [-0.15, -0.1) is 0 Å². The summed E-state index contributed by atoms with van der Waals surface area (Å²) in [7, 11) is 5.18. The summed E-state index contributed by atoms with van der Waals surface area (Å²) in [6, 6.07) is 18.7. The van der Waals surface area contributed by atoms with E-state index < -0.39 is 5.91 Å². The lowest BCUT2D eigenvalue weighted by molar-refractivity contribution is -0.116. The lowest BCUT2D eigenvalue weighted by Crippen LogP contribution is -2.41. The molecule has 3 aromatic carbocycles. The molecule has 4 aromatic rings. The van der Waals surface area contributed by atoms with Crippen LogP contribution < -0.4 is 35.2 Å². The standard InChI is InChI=1S/C40H47N7O6/c1-40(2,3)24-42-37(49)27-13-9-11-25(17-27)21-41-38(50)36-44-34(23-46(36)5)43-35(48)15-10-16-53-33-20-31-29(19-32(33)52-6)39(51)47-28(22-45(31)4)18-26-12-7-8-14-30(26)47/h7-9,11-14,17,19-20,23,28H,10,15-16,18,21-22,24H2,1-6H3,(H,41,50)(H,42,49)(H,43,48)/t28-/m0/s1. The predicted molar refractivity (Wildman–Crippen MR) is 203 cm³/mol. The van der Waals surface area contributed by atoms with E-state index in [0.717, 1.165) is 23.4 Å². The average Bonchev–Trinajstić information content (AvgIpc) is 3.66. The first-order valence-electron chi connectivity index (χ1n) is 17.8. The molecule has 1 atom stereocenters. The minimum Gasteiger partial charge on any atom is -0.493 e. The molecular weight excluding hydrogens is 674 g/mol. The molecular formula is C40H47N7O6. The van der Waals surface area contributed by atoms with Crippen LogP contribution in [0.1, 0.15) is 76.1 Å². The molecule has 0 saturated heterocycles. The smallest absolute Gasteiger partial charge is 0.287 e. The zero-order valence-corrected chi connectivity index (χ0v) is 31.1. The highest BCUT2D eigenvalue weighted by Gasteiger charge is 2.39. The van der Waals surface area contributed by atoms with Gasteiger partial charge in [-0.1, -0.05) is 51.1 Å². The van der Waals surface area contributed by atoms with E-state index in [-0.39, 0.29) is 60.4 Å². The highest BCUT2D eigenvalue weighted by Crippen LogP contribution is 2.42. The Kier molecular flexibility index (Phi) is 10.7. The van der Waals surface area contributed by atoms with Gasteiger partial charge in [0.15, 0.2) is 17.3 Å². The van der Waals surface area contributed by atoms with Crippen LogP contribution in [0.3, 0.4) is 0 Å².